The summed E-state index contributed by atoms with van der Waals surface area (Å²) in [7, 11) is 0. The molecule has 1 aromatic carbocycles. The molecule has 6 nitrogen and oxygen atoms in total. The molecule has 1 aliphatic rings. The quantitative estimate of drug-likeness (QED) is 0.842. The first kappa shape index (κ1) is 13.2. The first-order valence-corrected chi connectivity index (χ1v) is 6.03. The average molecular weight is 261 g/mol. The highest BCUT2D eigenvalue weighted by Gasteiger charge is 2.27. The molecule has 0 radical (unpaired) electrons. The number of nitrogens with one attached hydrogen (secondary N) is 1. The summed E-state index contributed by atoms with van der Waals surface area (Å²) in [6.07, 6.45) is 0.0170. The van der Waals surface area contributed by atoms with Gasteiger partial charge in [0, 0.05) is 0 Å². The zero-order valence-electron chi connectivity index (χ0n) is 10.9. The molecule has 0 aromatic heterocycles. The number of carbonyl (C=O) groups excluding carboxylic acids is 2. The molecule has 1 aromatic rings. The fourth-order valence-corrected chi connectivity index (χ4v) is 2.04. The predicted molar refractivity (Wildman–Crippen MR) is 72.2 cm³/mol. The second-order valence-corrected chi connectivity index (χ2v) is 4.58. The summed E-state index contributed by atoms with van der Waals surface area (Å²) < 4.78 is 0. The minimum absolute atomic E-state index is 0.0170. The van der Waals surface area contributed by atoms with Gasteiger partial charge in [-0.25, -0.2) is 0 Å². The highest BCUT2D eigenvalue weighted by molar-refractivity contribution is 6.10. The Kier molecular flexibility index (Phi) is 3.59. The van der Waals surface area contributed by atoms with Crippen LogP contribution in [-0.4, -0.2) is 24.9 Å². The number of fused-ring (bicyclic) bond motifs is 1. The molecule has 1 N–H and O–H groups in total. The van der Waals surface area contributed by atoms with Crippen LogP contribution in [0.25, 0.3) is 0 Å². The topological polar surface area (TPSA) is 78.8 Å². The lowest BCUT2D eigenvalue weighted by atomic mass is 10.0. The third kappa shape index (κ3) is 2.62. The number of aryl methyl sites for hydroxylation is 2. The van der Waals surface area contributed by atoms with Gasteiger partial charge < -0.3 is 10.2 Å². The van der Waals surface area contributed by atoms with Crippen LogP contribution in [0.1, 0.15) is 17.5 Å². The Labute approximate surface area is 110 Å². The average Bonchev–Trinajstić information content (AvgIpc) is 2.37. The Bertz CT molecular complexity index is 554. The first-order chi connectivity index (χ1) is 9.02. The van der Waals surface area contributed by atoms with E-state index in [-0.39, 0.29) is 31.3 Å². The third-order valence-electron chi connectivity index (χ3n) is 3.20. The van der Waals surface area contributed by atoms with E-state index in [9.17, 15) is 14.5 Å². The van der Waals surface area contributed by atoms with Crippen LogP contribution in [0, 0.1) is 18.8 Å². The maximum atomic E-state index is 12.0. The molecule has 0 bridgehead atoms. The summed E-state index contributed by atoms with van der Waals surface area (Å²) in [6.45, 7) is 3.80. The van der Waals surface area contributed by atoms with Gasteiger partial charge in [0.2, 0.25) is 11.8 Å². The van der Waals surface area contributed by atoms with E-state index < -0.39 is 0 Å². The van der Waals surface area contributed by atoms with Crippen molar-refractivity contribution in [1.29, 1.82) is 0 Å². The maximum Gasteiger partial charge on any atom is 0.244 e. The van der Waals surface area contributed by atoms with Crippen molar-refractivity contribution < 1.29 is 9.59 Å². The molecular weight excluding hydrogens is 246 g/mol. The van der Waals surface area contributed by atoms with Gasteiger partial charge in [-0.05, 0) is 37.1 Å². The maximum absolute atomic E-state index is 12.0. The van der Waals surface area contributed by atoms with E-state index in [1.807, 2.05) is 26.0 Å². The Balaban J connectivity index is 2.37. The minimum Gasteiger partial charge on any atom is -0.323 e. The fraction of sp³-hybridized carbons (Fsp3) is 0.385. The van der Waals surface area contributed by atoms with Crippen LogP contribution in [0.5, 0.6) is 0 Å². The van der Waals surface area contributed by atoms with Crippen LogP contribution in [0.15, 0.2) is 17.3 Å². The molecule has 100 valence electrons. The molecule has 1 heterocycles. The SMILES string of the molecule is Cc1cc2c(cc1C)N(C(=O)CCN=O)CC(=O)N2. The van der Waals surface area contributed by atoms with Gasteiger partial charge in [-0.15, -0.1) is 0 Å². The molecular formula is C13H15N3O3. The van der Waals surface area contributed by atoms with Crippen molar-refractivity contribution >= 4 is 23.2 Å². The standard InChI is InChI=1S/C13H15N3O3/c1-8-5-10-11(6-9(8)2)16(7-12(17)15-10)13(18)3-4-14-19/h5-6H,3-4,7H2,1-2H3,(H,15,17). The van der Waals surface area contributed by atoms with E-state index in [1.54, 1.807) is 0 Å². The second kappa shape index (κ2) is 5.17. The van der Waals surface area contributed by atoms with E-state index in [4.69, 9.17) is 0 Å². The molecule has 6 heteroatoms. The highest BCUT2D eigenvalue weighted by Crippen LogP contribution is 2.32. The van der Waals surface area contributed by atoms with Crippen molar-refractivity contribution in [3.05, 3.63) is 28.2 Å². The Morgan fingerprint density at radius 1 is 1.37 bits per heavy atom. The van der Waals surface area contributed by atoms with Gasteiger partial charge in [0.15, 0.2) is 0 Å². The number of benzene rings is 1. The minimum atomic E-state index is -0.265. The third-order valence-corrected chi connectivity index (χ3v) is 3.20. The van der Waals surface area contributed by atoms with Crippen molar-refractivity contribution in [3.63, 3.8) is 0 Å². The summed E-state index contributed by atoms with van der Waals surface area (Å²) in [5.74, 6) is -0.498. The molecule has 0 unspecified atom stereocenters. The monoisotopic (exact) mass is 261 g/mol. The fourth-order valence-electron chi connectivity index (χ4n) is 2.04. The van der Waals surface area contributed by atoms with Gasteiger partial charge >= 0.3 is 0 Å². The van der Waals surface area contributed by atoms with Crippen molar-refractivity contribution in [3.8, 4) is 0 Å². The number of carbonyl (C=O) groups is 2. The molecule has 0 spiro atoms. The molecule has 0 aliphatic carbocycles. The highest BCUT2D eigenvalue weighted by atomic mass is 16.3. The number of nitroso groups, excluding NO2 is 1. The van der Waals surface area contributed by atoms with Crippen molar-refractivity contribution in [1.82, 2.24) is 0 Å². The van der Waals surface area contributed by atoms with E-state index in [1.165, 1.54) is 4.90 Å². The van der Waals surface area contributed by atoms with Crippen LogP contribution in [0.3, 0.4) is 0 Å². The number of hydrogen-bond donors (Lipinski definition) is 1. The smallest absolute Gasteiger partial charge is 0.244 e. The van der Waals surface area contributed by atoms with E-state index in [2.05, 4.69) is 10.5 Å². The summed E-state index contributed by atoms with van der Waals surface area (Å²) in [4.78, 5) is 35.1. The van der Waals surface area contributed by atoms with Crippen LogP contribution in [-0.2, 0) is 9.59 Å². The molecule has 0 saturated carbocycles. The van der Waals surface area contributed by atoms with Crippen LogP contribution < -0.4 is 10.2 Å². The Morgan fingerprint density at radius 2 is 2.05 bits per heavy atom. The van der Waals surface area contributed by atoms with Crippen molar-refractivity contribution in [2.75, 3.05) is 23.3 Å². The van der Waals surface area contributed by atoms with E-state index in [0.29, 0.717) is 11.4 Å². The van der Waals surface area contributed by atoms with Gasteiger partial charge in [-0.3, -0.25) is 9.59 Å². The summed E-state index contributed by atoms with van der Waals surface area (Å²) in [5.41, 5.74) is 3.40. The number of hydrogen-bond acceptors (Lipinski definition) is 4. The van der Waals surface area contributed by atoms with Crippen molar-refractivity contribution in [2.45, 2.75) is 20.3 Å². The number of rotatable bonds is 3. The van der Waals surface area contributed by atoms with Gasteiger partial charge in [-0.1, -0.05) is 5.18 Å². The van der Waals surface area contributed by atoms with Gasteiger partial charge in [-0.2, -0.15) is 4.91 Å². The summed E-state index contributed by atoms with van der Waals surface area (Å²) in [5, 5.41) is 5.43. The predicted octanol–water partition coefficient (Wildman–Crippen LogP) is 1.75. The van der Waals surface area contributed by atoms with Gasteiger partial charge in [0.05, 0.1) is 24.3 Å². The summed E-state index contributed by atoms with van der Waals surface area (Å²) >= 11 is 0. The van der Waals surface area contributed by atoms with Crippen LogP contribution in [0.2, 0.25) is 0 Å². The lowest BCUT2D eigenvalue weighted by Gasteiger charge is -2.30. The largest absolute Gasteiger partial charge is 0.323 e. The van der Waals surface area contributed by atoms with E-state index >= 15 is 0 Å². The molecule has 19 heavy (non-hydrogen) atoms. The normalized spacial score (nSPS) is 13.8. The molecule has 2 amide bonds. The molecule has 2 rings (SSSR count). The van der Waals surface area contributed by atoms with Crippen molar-refractivity contribution in [2.24, 2.45) is 5.18 Å². The zero-order chi connectivity index (χ0) is 14.0. The lowest BCUT2D eigenvalue weighted by molar-refractivity contribution is -0.121. The molecule has 0 fully saturated rings. The zero-order valence-corrected chi connectivity index (χ0v) is 10.9. The number of nitrogens with zero attached hydrogens (tertiary/aromatic N) is 2. The molecule has 1 aliphatic heterocycles. The van der Waals surface area contributed by atoms with E-state index in [0.717, 1.165) is 11.1 Å². The molecule has 0 atom stereocenters. The number of anilines is 2. The first-order valence-electron chi connectivity index (χ1n) is 6.03. The lowest BCUT2D eigenvalue weighted by Crippen LogP contribution is -2.42. The van der Waals surface area contributed by atoms with Crippen LogP contribution in [0.4, 0.5) is 11.4 Å². The number of amides is 2. The van der Waals surface area contributed by atoms with Crippen LogP contribution >= 0.6 is 0 Å². The Morgan fingerprint density at radius 3 is 2.74 bits per heavy atom. The Hall–Kier alpha value is -2.24. The summed E-state index contributed by atoms with van der Waals surface area (Å²) in [6, 6.07) is 3.72. The van der Waals surface area contributed by atoms with Gasteiger partial charge in [0.1, 0.15) is 6.54 Å². The second-order valence-electron chi connectivity index (χ2n) is 4.58. The van der Waals surface area contributed by atoms with Gasteiger partial charge in [0.25, 0.3) is 0 Å². The molecule has 0 saturated heterocycles.